The third-order valence-electron chi connectivity index (χ3n) is 6.78. The van der Waals surface area contributed by atoms with Crippen LogP contribution < -0.4 is 10.5 Å². The minimum absolute atomic E-state index is 0.192. The number of pyridine rings is 1. The lowest BCUT2D eigenvalue weighted by molar-refractivity contribution is -0.134. The quantitative estimate of drug-likeness (QED) is 0.415. The molecule has 0 aliphatic carbocycles. The van der Waals surface area contributed by atoms with Crippen LogP contribution in [0.5, 0.6) is 5.75 Å². The van der Waals surface area contributed by atoms with E-state index in [9.17, 15) is 9.18 Å². The van der Waals surface area contributed by atoms with Crippen molar-refractivity contribution in [1.82, 2.24) is 9.88 Å². The Balaban J connectivity index is 1.38. The number of nitrogens with two attached hydrogens (primary N) is 1. The van der Waals surface area contributed by atoms with E-state index in [0.717, 1.165) is 33.6 Å². The highest BCUT2D eigenvalue weighted by atomic mass is 19.1. The number of fused-ring (bicyclic) bond motifs is 3. The molecule has 0 saturated heterocycles. The van der Waals surface area contributed by atoms with Gasteiger partial charge >= 0.3 is 0 Å². The number of carbonyl (C=O) groups excluding carboxylic acids is 1. The van der Waals surface area contributed by atoms with Crippen LogP contribution in [0.2, 0.25) is 0 Å². The van der Waals surface area contributed by atoms with Crippen molar-refractivity contribution in [3.05, 3.63) is 119 Å². The summed E-state index contributed by atoms with van der Waals surface area (Å²) in [6.07, 6.45) is 4.55. The molecule has 0 unspecified atom stereocenters. The van der Waals surface area contributed by atoms with Crippen LogP contribution in [-0.2, 0) is 28.9 Å². The molecule has 2 heterocycles. The van der Waals surface area contributed by atoms with Gasteiger partial charge in [0.2, 0.25) is 5.91 Å². The zero-order valence-corrected chi connectivity index (χ0v) is 21.8. The molecule has 2 bridgehead atoms. The van der Waals surface area contributed by atoms with E-state index < -0.39 is 6.04 Å². The summed E-state index contributed by atoms with van der Waals surface area (Å²) in [6, 6.07) is 23.8. The van der Waals surface area contributed by atoms with Gasteiger partial charge in [0.25, 0.3) is 0 Å². The van der Waals surface area contributed by atoms with Crippen LogP contribution >= 0.6 is 0 Å². The summed E-state index contributed by atoms with van der Waals surface area (Å²) in [4.78, 5) is 19.4. The highest BCUT2D eigenvalue weighted by molar-refractivity contribution is 5.82. The van der Waals surface area contributed by atoms with E-state index in [4.69, 9.17) is 15.2 Å². The second kappa shape index (κ2) is 12.7. The van der Waals surface area contributed by atoms with Crippen LogP contribution in [0.4, 0.5) is 4.39 Å². The van der Waals surface area contributed by atoms with Gasteiger partial charge in [-0.3, -0.25) is 9.78 Å². The van der Waals surface area contributed by atoms with Gasteiger partial charge in [-0.2, -0.15) is 0 Å². The van der Waals surface area contributed by atoms with E-state index in [-0.39, 0.29) is 18.1 Å². The van der Waals surface area contributed by atoms with Crippen LogP contribution in [0.3, 0.4) is 0 Å². The first-order chi connectivity index (χ1) is 19.0. The molecule has 3 aromatic carbocycles. The number of benzene rings is 3. The summed E-state index contributed by atoms with van der Waals surface area (Å²) < 4.78 is 25.6. The minimum Gasteiger partial charge on any atom is -0.491 e. The van der Waals surface area contributed by atoms with Crippen LogP contribution in [-0.4, -0.2) is 48.2 Å². The Morgan fingerprint density at radius 1 is 0.949 bits per heavy atom. The molecule has 0 saturated carbocycles. The molecule has 0 radical (unpaired) electrons. The van der Waals surface area contributed by atoms with Crippen molar-refractivity contribution in [2.45, 2.75) is 25.4 Å². The van der Waals surface area contributed by atoms with Gasteiger partial charge in [0, 0.05) is 37.5 Å². The first-order valence-corrected chi connectivity index (χ1v) is 13.2. The zero-order valence-electron chi connectivity index (χ0n) is 21.8. The predicted octanol–water partition coefficient (Wildman–Crippen LogP) is 4.79. The largest absolute Gasteiger partial charge is 0.491 e. The average Bonchev–Trinajstić information content (AvgIpc) is 2.94. The fraction of sp³-hybridized carbons (Fsp3) is 0.250. The van der Waals surface area contributed by atoms with Gasteiger partial charge < -0.3 is 20.1 Å². The number of hydrogen-bond donors (Lipinski definition) is 1. The second-order valence-corrected chi connectivity index (χ2v) is 9.72. The SMILES string of the molecule is N[C@@H](Cc1cccc(F)c1)C(=O)N1CCOCCOc2ccc(-c3cccnc3)cc2Cc2cccc(c2)C1. The standard InChI is InChI=1S/C32H32FN3O3/c33-29-8-2-5-24(18-29)19-30(34)32(37)36-12-13-38-14-15-39-31-10-9-26(27-7-3-11-35-21-27)20-28(31)17-23-4-1-6-25(16-23)22-36/h1-11,16,18,20-21,30H,12-15,17,19,22,34H2/t30-/m0/s1. The number of nitrogens with zero attached hydrogens (tertiary/aromatic N) is 2. The Labute approximate surface area is 228 Å². The maximum absolute atomic E-state index is 13.6. The lowest BCUT2D eigenvalue weighted by Crippen LogP contribution is -2.45. The highest BCUT2D eigenvalue weighted by Crippen LogP contribution is 2.29. The molecular formula is C32H32FN3O3. The third kappa shape index (κ3) is 7.07. The topological polar surface area (TPSA) is 77.7 Å². The lowest BCUT2D eigenvalue weighted by atomic mass is 9.98. The Kier molecular flexibility index (Phi) is 8.61. The van der Waals surface area contributed by atoms with Gasteiger partial charge in [-0.05, 0) is 64.6 Å². The summed E-state index contributed by atoms with van der Waals surface area (Å²) in [6.45, 7) is 1.95. The van der Waals surface area contributed by atoms with Crippen molar-refractivity contribution < 1.29 is 18.7 Å². The fourth-order valence-corrected chi connectivity index (χ4v) is 4.84. The van der Waals surface area contributed by atoms with E-state index in [2.05, 4.69) is 23.2 Å². The molecule has 6 nitrogen and oxygen atoms in total. The van der Waals surface area contributed by atoms with Gasteiger partial charge in [0.1, 0.15) is 18.2 Å². The number of halogens is 1. The predicted molar refractivity (Wildman–Crippen MR) is 149 cm³/mol. The number of amides is 1. The zero-order chi connectivity index (χ0) is 27.0. The summed E-state index contributed by atoms with van der Waals surface area (Å²) >= 11 is 0. The van der Waals surface area contributed by atoms with Crippen LogP contribution in [0.1, 0.15) is 22.3 Å². The monoisotopic (exact) mass is 525 g/mol. The molecule has 200 valence electrons. The third-order valence-corrected chi connectivity index (χ3v) is 6.78. The van der Waals surface area contributed by atoms with Gasteiger partial charge in [-0.25, -0.2) is 4.39 Å². The molecule has 1 aliphatic heterocycles. The number of hydrogen-bond acceptors (Lipinski definition) is 5. The van der Waals surface area contributed by atoms with Crippen molar-refractivity contribution in [2.75, 3.05) is 26.4 Å². The number of ether oxygens (including phenoxy) is 2. The molecule has 1 atom stereocenters. The molecule has 1 aliphatic rings. The molecule has 4 aromatic rings. The van der Waals surface area contributed by atoms with Gasteiger partial charge in [0.15, 0.2) is 0 Å². The fourth-order valence-electron chi connectivity index (χ4n) is 4.84. The van der Waals surface area contributed by atoms with E-state index >= 15 is 0 Å². The van der Waals surface area contributed by atoms with Crippen molar-refractivity contribution >= 4 is 5.91 Å². The van der Waals surface area contributed by atoms with Gasteiger partial charge in [0.05, 0.1) is 19.3 Å². The van der Waals surface area contributed by atoms with Crippen molar-refractivity contribution in [3.63, 3.8) is 0 Å². The van der Waals surface area contributed by atoms with Crippen molar-refractivity contribution in [2.24, 2.45) is 5.73 Å². The maximum atomic E-state index is 13.6. The van der Waals surface area contributed by atoms with Gasteiger partial charge in [-0.1, -0.05) is 48.5 Å². The molecular weight excluding hydrogens is 493 g/mol. The normalized spacial score (nSPS) is 15.0. The van der Waals surface area contributed by atoms with E-state index in [1.54, 1.807) is 23.2 Å². The smallest absolute Gasteiger partial charge is 0.240 e. The molecule has 1 amide bonds. The lowest BCUT2D eigenvalue weighted by Gasteiger charge is -2.26. The van der Waals surface area contributed by atoms with E-state index in [1.807, 2.05) is 42.6 Å². The summed E-state index contributed by atoms with van der Waals surface area (Å²) in [7, 11) is 0. The molecule has 39 heavy (non-hydrogen) atoms. The Morgan fingerprint density at radius 2 is 1.82 bits per heavy atom. The summed E-state index contributed by atoms with van der Waals surface area (Å²) in [5.74, 6) is 0.295. The Bertz CT molecular complexity index is 1410. The molecule has 7 heteroatoms. The number of rotatable bonds is 4. The first kappa shape index (κ1) is 26.5. The highest BCUT2D eigenvalue weighted by Gasteiger charge is 2.22. The van der Waals surface area contributed by atoms with Crippen molar-refractivity contribution in [1.29, 1.82) is 0 Å². The minimum atomic E-state index is -0.782. The second-order valence-electron chi connectivity index (χ2n) is 9.72. The average molecular weight is 526 g/mol. The Morgan fingerprint density at radius 3 is 2.67 bits per heavy atom. The van der Waals surface area contributed by atoms with Gasteiger partial charge in [-0.15, -0.1) is 0 Å². The first-order valence-electron chi connectivity index (χ1n) is 13.2. The molecule has 1 aromatic heterocycles. The Hall–Kier alpha value is -4.07. The van der Waals surface area contributed by atoms with Crippen molar-refractivity contribution in [3.8, 4) is 16.9 Å². The summed E-state index contributed by atoms with van der Waals surface area (Å²) in [5.41, 5.74) is 12.3. The van der Waals surface area contributed by atoms with E-state index in [1.165, 1.54) is 12.1 Å². The number of aromatic nitrogens is 1. The van der Waals surface area contributed by atoms with Crippen LogP contribution in [0.15, 0.2) is 91.3 Å². The number of carbonyl (C=O) groups is 1. The summed E-state index contributed by atoms with van der Waals surface area (Å²) in [5, 5.41) is 0. The molecule has 0 fully saturated rings. The maximum Gasteiger partial charge on any atom is 0.240 e. The van der Waals surface area contributed by atoms with E-state index in [0.29, 0.717) is 44.9 Å². The van der Waals surface area contributed by atoms with Crippen LogP contribution in [0.25, 0.3) is 11.1 Å². The molecule has 2 N–H and O–H groups in total. The molecule has 0 spiro atoms. The molecule has 5 rings (SSSR count). The van der Waals surface area contributed by atoms with Crippen LogP contribution in [0, 0.1) is 5.82 Å².